The number of carbonyl (C=O) groups is 1. The Morgan fingerprint density at radius 2 is 1.76 bits per heavy atom. The molecule has 0 spiro atoms. The molecule has 3 N–H and O–H groups in total. The molecule has 1 saturated heterocycles. The van der Waals surface area contributed by atoms with Crippen LogP contribution in [-0.4, -0.2) is 54.4 Å². The van der Waals surface area contributed by atoms with Gasteiger partial charge in [-0.05, 0) is 75.8 Å². The van der Waals surface area contributed by atoms with Gasteiger partial charge in [0.05, 0.1) is 28.4 Å². The molecule has 6 rings (SSSR count). The summed E-state index contributed by atoms with van der Waals surface area (Å²) in [5, 5.41) is 31.6. The molecule has 1 aliphatic heterocycles. The summed E-state index contributed by atoms with van der Waals surface area (Å²) in [5.41, 5.74) is 6.61. The summed E-state index contributed by atoms with van der Waals surface area (Å²) < 4.78 is 0. The molecule has 192 valence electrons. The Morgan fingerprint density at radius 1 is 1.08 bits per heavy atom. The highest BCUT2D eigenvalue weighted by atomic mass is 16.1. The van der Waals surface area contributed by atoms with E-state index in [1.54, 1.807) is 6.07 Å². The number of nitrogens with two attached hydrogens (primary N) is 1. The number of piperazine rings is 1. The number of anilines is 1. The second-order valence-electron chi connectivity index (χ2n) is 11.8. The van der Waals surface area contributed by atoms with Crippen LogP contribution in [0.1, 0.15) is 57.1 Å². The van der Waals surface area contributed by atoms with Crippen LogP contribution in [0.3, 0.4) is 0 Å². The number of nitrogens with zero attached hydrogens (tertiary/aromatic N) is 6. The molecule has 1 aromatic rings. The molecule has 1 heterocycles. The highest BCUT2D eigenvalue weighted by molar-refractivity contribution is 5.92. The molecule has 4 bridgehead atoms. The number of amidine groups is 1. The summed E-state index contributed by atoms with van der Waals surface area (Å²) in [4.78, 5) is 22.0. The molecule has 1 aromatic carbocycles. The number of aliphatic imine (C=N–C) groups is 1. The SMILES string of the molecule is CC(C)(C(=NC1C2CC3CC1CC(C(N)=O)(C3)C2)NC#N)N1CCN(c2cccc(C#N)c2C#N)CC1. The fourth-order valence-electron chi connectivity index (χ4n) is 7.73. The predicted octanol–water partition coefficient (Wildman–Crippen LogP) is 2.48. The van der Waals surface area contributed by atoms with E-state index in [1.807, 2.05) is 12.1 Å². The first-order valence-electron chi connectivity index (χ1n) is 13.2. The fourth-order valence-corrected chi connectivity index (χ4v) is 7.73. The Hall–Kier alpha value is -3.61. The molecule has 9 heteroatoms. The van der Waals surface area contributed by atoms with Crippen LogP contribution in [-0.2, 0) is 4.79 Å². The summed E-state index contributed by atoms with van der Waals surface area (Å²) in [6.07, 6.45) is 6.83. The summed E-state index contributed by atoms with van der Waals surface area (Å²) >= 11 is 0. The van der Waals surface area contributed by atoms with Crippen LogP contribution in [0.15, 0.2) is 23.2 Å². The molecular formula is C28H34N8O. The molecule has 2 unspecified atom stereocenters. The van der Waals surface area contributed by atoms with Crippen molar-refractivity contribution in [2.75, 3.05) is 31.1 Å². The van der Waals surface area contributed by atoms with Gasteiger partial charge in [-0.3, -0.25) is 20.0 Å². The molecule has 5 fully saturated rings. The van der Waals surface area contributed by atoms with E-state index in [-0.39, 0.29) is 17.4 Å². The van der Waals surface area contributed by atoms with Crippen LogP contribution >= 0.6 is 0 Å². The maximum Gasteiger partial charge on any atom is 0.223 e. The van der Waals surface area contributed by atoms with E-state index in [0.717, 1.165) is 50.9 Å². The van der Waals surface area contributed by atoms with Crippen molar-refractivity contribution in [1.82, 2.24) is 10.2 Å². The summed E-state index contributed by atoms with van der Waals surface area (Å²) in [7, 11) is 0. The smallest absolute Gasteiger partial charge is 0.223 e. The number of benzene rings is 1. The van der Waals surface area contributed by atoms with E-state index in [2.05, 4.69) is 47.3 Å². The predicted molar refractivity (Wildman–Crippen MR) is 139 cm³/mol. The van der Waals surface area contributed by atoms with E-state index in [1.165, 1.54) is 0 Å². The number of carbonyl (C=O) groups excluding carboxylic acids is 1. The third-order valence-electron chi connectivity index (χ3n) is 9.46. The van der Waals surface area contributed by atoms with Crippen molar-refractivity contribution in [3.8, 4) is 18.3 Å². The van der Waals surface area contributed by atoms with Crippen LogP contribution in [0, 0.1) is 57.3 Å². The highest BCUT2D eigenvalue weighted by Crippen LogP contribution is 2.60. The number of hydrogen-bond acceptors (Lipinski definition) is 7. The molecule has 0 radical (unpaired) electrons. The lowest BCUT2D eigenvalue weighted by Crippen LogP contribution is -2.61. The van der Waals surface area contributed by atoms with E-state index in [9.17, 15) is 20.6 Å². The monoisotopic (exact) mass is 498 g/mol. The molecule has 2 atom stereocenters. The van der Waals surface area contributed by atoms with Gasteiger partial charge in [-0.25, -0.2) is 0 Å². The minimum atomic E-state index is -0.496. The maximum atomic E-state index is 12.3. The van der Waals surface area contributed by atoms with E-state index >= 15 is 0 Å². The summed E-state index contributed by atoms with van der Waals surface area (Å²) in [6.45, 7) is 7.05. The first kappa shape index (κ1) is 25.1. The van der Waals surface area contributed by atoms with Gasteiger partial charge in [-0.15, -0.1) is 0 Å². The lowest BCUT2D eigenvalue weighted by molar-refractivity contribution is -0.144. The number of amides is 1. The van der Waals surface area contributed by atoms with Gasteiger partial charge in [-0.1, -0.05) is 6.07 Å². The van der Waals surface area contributed by atoms with Gasteiger partial charge in [0.1, 0.15) is 18.0 Å². The van der Waals surface area contributed by atoms with E-state index in [0.29, 0.717) is 47.8 Å². The number of rotatable bonds is 5. The third kappa shape index (κ3) is 4.20. The minimum Gasteiger partial charge on any atom is -0.369 e. The van der Waals surface area contributed by atoms with Gasteiger partial charge < -0.3 is 10.6 Å². The van der Waals surface area contributed by atoms with Gasteiger partial charge >= 0.3 is 0 Å². The van der Waals surface area contributed by atoms with E-state index in [4.69, 9.17) is 10.7 Å². The molecule has 5 aliphatic rings. The first-order valence-corrected chi connectivity index (χ1v) is 13.2. The molecule has 4 saturated carbocycles. The zero-order chi connectivity index (χ0) is 26.4. The van der Waals surface area contributed by atoms with Crippen molar-refractivity contribution < 1.29 is 4.79 Å². The van der Waals surface area contributed by atoms with Crippen molar-refractivity contribution in [1.29, 1.82) is 15.8 Å². The zero-order valence-corrected chi connectivity index (χ0v) is 21.6. The topological polar surface area (TPSA) is 145 Å². The van der Waals surface area contributed by atoms with Gasteiger partial charge in [0.25, 0.3) is 0 Å². The molecule has 0 aromatic heterocycles. The molecular weight excluding hydrogens is 464 g/mol. The summed E-state index contributed by atoms with van der Waals surface area (Å²) in [6, 6.07) is 9.81. The van der Waals surface area contributed by atoms with Crippen LogP contribution in [0.2, 0.25) is 0 Å². The Bertz CT molecular complexity index is 1220. The normalized spacial score (nSPS) is 31.3. The highest BCUT2D eigenvalue weighted by Gasteiger charge is 2.58. The summed E-state index contributed by atoms with van der Waals surface area (Å²) in [5.74, 6) is 1.75. The standard InChI is InChI=1S/C28H34N8O/c1-27(2,36-8-6-35(7-9-36)23-5-3-4-19(15-29)22(23)16-30)26(33-17-31)34-24-20-10-18-11-21(24)14-28(12-18,13-20)25(32)37/h3-5,18,20-21,24H,6-14H2,1-2H3,(H2,32,37)(H,33,34). The first-order chi connectivity index (χ1) is 17.7. The van der Waals surface area contributed by atoms with Crippen LogP contribution in [0.25, 0.3) is 0 Å². The fraction of sp³-hybridized carbons (Fsp3) is 0.607. The molecule has 1 amide bonds. The number of nitrogens with one attached hydrogen (secondary N) is 1. The van der Waals surface area contributed by atoms with E-state index < -0.39 is 5.54 Å². The Kier molecular flexibility index (Phi) is 6.34. The van der Waals surface area contributed by atoms with Crippen LogP contribution < -0.4 is 16.0 Å². The average Bonchev–Trinajstić information content (AvgIpc) is 2.89. The molecule has 37 heavy (non-hydrogen) atoms. The van der Waals surface area contributed by atoms with Crippen LogP contribution in [0.4, 0.5) is 5.69 Å². The quantitative estimate of drug-likeness (QED) is 0.274. The van der Waals surface area contributed by atoms with Crippen molar-refractivity contribution in [3.05, 3.63) is 29.3 Å². The Balaban J connectivity index is 1.34. The average molecular weight is 499 g/mol. The van der Waals surface area contributed by atoms with Crippen molar-refractivity contribution in [2.24, 2.45) is 33.9 Å². The second-order valence-corrected chi connectivity index (χ2v) is 11.8. The zero-order valence-electron chi connectivity index (χ0n) is 21.6. The number of primary amides is 1. The van der Waals surface area contributed by atoms with Crippen molar-refractivity contribution in [3.63, 3.8) is 0 Å². The van der Waals surface area contributed by atoms with Gasteiger partial charge in [0, 0.05) is 31.6 Å². The lowest BCUT2D eigenvalue weighted by Gasteiger charge is -2.58. The van der Waals surface area contributed by atoms with Gasteiger partial charge in [0.15, 0.2) is 6.19 Å². The maximum absolute atomic E-state index is 12.3. The second kappa shape index (κ2) is 9.36. The van der Waals surface area contributed by atoms with Gasteiger partial charge in [-0.2, -0.15) is 15.8 Å². The molecule has 9 nitrogen and oxygen atoms in total. The largest absolute Gasteiger partial charge is 0.369 e. The lowest BCUT2D eigenvalue weighted by atomic mass is 9.48. The Labute approximate surface area is 218 Å². The molecule has 4 aliphatic carbocycles. The number of hydrogen-bond donors (Lipinski definition) is 2. The Morgan fingerprint density at radius 3 is 2.32 bits per heavy atom. The van der Waals surface area contributed by atoms with Crippen LogP contribution in [0.5, 0.6) is 0 Å². The number of nitriles is 3. The van der Waals surface area contributed by atoms with Crippen molar-refractivity contribution >= 4 is 17.4 Å². The minimum absolute atomic E-state index is 0.104. The van der Waals surface area contributed by atoms with Gasteiger partial charge in [0.2, 0.25) is 5.91 Å². The van der Waals surface area contributed by atoms with Crippen molar-refractivity contribution in [2.45, 2.75) is 57.5 Å². The third-order valence-corrected chi connectivity index (χ3v) is 9.46.